The number of methoxy groups -OCH3 is 1. The van der Waals surface area contributed by atoms with Crippen molar-refractivity contribution in [2.45, 2.75) is 20.1 Å². The van der Waals surface area contributed by atoms with Crippen LogP contribution in [0.1, 0.15) is 19.4 Å². The standard InChI is InChI=1S/C14H19NO4/c1-4-17-14(18-5-2)10-19-13-7-11(9-15)6-12(8-13)16-3/h6-8,14H,4-5,10H2,1-3H3. The van der Waals surface area contributed by atoms with Crippen LogP contribution < -0.4 is 9.47 Å². The van der Waals surface area contributed by atoms with E-state index in [4.69, 9.17) is 24.2 Å². The Kier molecular flexibility index (Phi) is 6.72. The van der Waals surface area contributed by atoms with E-state index in [0.717, 1.165) is 0 Å². The number of nitriles is 1. The second kappa shape index (κ2) is 8.35. The Hall–Kier alpha value is -1.77. The fraction of sp³-hybridized carbons (Fsp3) is 0.500. The van der Waals surface area contributed by atoms with Gasteiger partial charge < -0.3 is 18.9 Å². The molecule has 0 bridgehead atoms. The Bertz CT molecular complexity index is 422. The van der Waals surface area contributed by atoms with Gasteiger partial charge in [0.05, 0.1) is 18.7 Å². The van der Waals surface area contributed by atoms with Crippen LogP contribution in [0.3, 0.4) is 0 Å². The molecule has 5 nitrogen and oxygen atoms in total. The fourth-order valence-electron chi connectivity index (χ4n) is 1.52. The molecule has 0 N–H and O–H groups in total. The molecule has 1 aromatic carbocycles. The van der Waals surface area contributed by atoms with Crippen molar-refractivity contribution in [3.8, 4) is 17.6 Å². The monoisotopic (exact) mass is 265 g/mol. The number of ether oxygens (including phenoxy) is 4. The fourth-order valence-corrected chi connectivity index (χ4v) is 1.52. The van der Waals surface area contributed by atoms with Gasteiger partial charge in [0, 0.05) is 19.3 Å². The van der Waals surface area contributed by atoms with Crippen molar-refractivity contribution in [1.29, 1.82) is 5.26 Å². The summed E-state index contributed by atoms with van der Waals surface area (Å²) >= 11 is 0. The van der Waals surface area contributed by atoms with E-state index in [1.165, 1.54) is 0 Å². The minimum absolute atomic E-state index is 0.264. The minimum Gasteiger partial charge on any atom is -0.497 e. The maximum absolute atomic E-state index is 8.92. The largest absolute Gasteiger partial charge is 0.497 e. The predicted molar refractivity (Wildman–Crippen MR) is 70.2 cm³/mol. The Labute approximate surface area is 113 Å². The van der Waals surface area contributed by atoms with Gasteiger partial charge in [-0.25, -0.2) is 0 Å². The second-order valence-electron chi connectivity index (χ2n) is 3.66. The molecule has 104 valence electrons. The summed E-state index contributed by atoms with van der Waals surface area (Å²) in [6, 6.07) is 7.07. The molecule has 0 fully saturated rings. The van der Waals surface area contributed by atoms with Gasteiger partial charge >= 0.3 is 0 Å². The Morgan fingerprint density at radius 2 is 1.74 bits per heavy atom. The van der Waals surface area contributed by atoms with Crippen molar-refractivity contribution >= 4 is 0 Å². The maximum Gasteiger partial charge on any atom is 0.191 e. The van der Waals surface area contributed by atoms with Crippen molar-refractivity contribution in [2.75, 3.05) is 26.9 Å². The first-order valence-electron chi connectivity index (χ1n) is 6.18. The topological polar surface area (TPSA) is 60.7 Å². The highest BCUT2D eigenvalue weighted by Crippen LogP contribution is 2.22. The smallest absolute Gasteiger partial charge is 0.191 e. The Morgan fingerprint density at radius 1 is 1.11 bits per heavy atom. The van der Waals surface area contributed by atoms with Crippen LogP contribution in [0.15, 0.2) is 18.2 Å². The van der Waals surface area contributed by atoms with Crippen LogP contribution in [0.25, 0.3) is 0 Å². The zero-order chi connectivity index (χ0) is 14.1. The van der Waals surface area contributed by atoms with E-state index in [9.17, 15) is 0 Å². The molecule has 0 aromatic heterocycles. The summed E-state index contributed by atoms with van der Waals surface area (Å²) in [6.07, 6.45) is -0.410. The van der Waals surface area contributed by atoms with E-state index in [-0.39, 0.29) is 6.61 Å². The first-order valence-corrected chi connectivity index (χ1v) is 6.18. The van der Waals surface area contributed by atoms with E-state index in [2.05, 4.69) is 6.07 Å². The number of nitrogens with zero attached hydrogens (tertiary/aromatic N) is 1. The molecule has 0 aliphatic heterocycles. The van der Waals surface area contributed by atoms with E-state index >= 15 is 0 Å². The van der Waals surface area contributed by atoms with Gasteiger partial charge in [-0.1, -0.05) is 0 Å². The molecule has 1 aromatic rings. The number of benzene rings is 1. The molecule has 5 heteroatoms. The molecule has 0 saturated carbocycles. The van der Waals surface area contributed by atoms with Crippen molar-refractivity contribution in [3.05, 3.63) is 23.8 Å². The zero-order valence-corrected chi connectivity index (χ0v) is 11.5. The number of rotatable bonds is 8. The van der Waals surface area contributed by atoms with Crippen molar-refractivity contribution in [1.82, 2.24) is 0 Å². The zero-order valence-electron chi connectivity index (χ0n) is 11.5. The molecule has 0 spiro atoms. The van der Waals surface area contributed by atoms with Gasteiger partial charge in [-0.15, -0.1) is 0 Å². The average molecular weight is 265 g/mol. The third kappa shape index (κ3) is 5.16. The molecule has 0 amide bonds. The molecule has 1 rings (SSSR count). The van der Waals surface area contributed by atoms with Gasteiger partial charge in [-0.2, -0.15) is 5.26 Å². The van der Waals surface area contributed by atoms with Gasteiger partial charge in [0.1, 0.15) is 18.1 Å². The molecule has 0 atom stereocenters. The maximum atomic E-state index is 8.92. The van der Waals surface area contributed by atoms with Gasteiger partial charge in [-0.05, 0) is 26.0 Å². The third-order valence-electron chi connectivity index (χ3n) is 2.34. The highest BCUT2D eigenvalue weighted by atomic mass is 16.7. The SMILES string of the molecule is CCOC(COc1cc(C#N)cc(OC)c1)OCC. The van der Waals surface area contributed by atoms with Crippen LogP contribution in [0.4, 0.5) is 0 Å². The van der Waals surface area contributed by atoms with E-state index in [1.54, 1.807) is 25.3 Å². The van der Waals surface area contributed by atoms with Crippen LogP contribution >= 0.6 is 0 Å². The first-order chi connectivity index (χ1) is 9.23. The van der Waals surface area contributed by atoms with Crippen molar-refractivity contribution < 1.29 is 18.9 Å². The lowest BCUT2D eigenvalue weighted by molar-refractivity contribution is -0.152. The lowest BCUT2D eigenvalue weighted by Crippen LogP contribution is -2.25. The van der Waals surface area contributed by atoms with Gasteiger partial charge in [0.2, 0.25) is 0 Å². The predicted octanol–water partition coefficient (Wildman–Crippen LogP) is 2.34. The molecule has 0 saturated heterocycles. The van der Waals surface area contributed by atoms with Crippen LogP contribution in [0, 0.1) is 11.3 Å². The normalized spacial score (nSPS) is 10.3. The van der Waals surface area contributed by atoms with Gasteiger partial charge in [-0.3, -0.25) is 0 Å². The van der Waals surface area contributed by atoms with Gasteiger partial charge in [0.15, 0.2) is 6.29 Å². The van der Waals surface area contributed by atoms with Crippen molar-refractivity contribution in [3.63, 3.8) is 0 Å². The van der Waals surface area contributed by atoms with Crippen molar-refractivity contribution in [2.24, 2.45) is 0 Å². The van der Waals surface area contributed by atoms with Crippen LogP contribution in [-0.4, -0.2) is 33.2 Å². The highest BCUT2D eigenvalue weighted by Gasteiger charge is 2.10. The molecule has 0 radical (unpaired) electrons. The summed E-state index contributed by atoms with van der Waals surface area (Å²) in [5.41, 5.74) is 0.485. The Balaban J connectivity index is 2.67. The lowest BCUT2D eigenvalue weighted by Gasteiger charge is -2.17. The lowest BCUT2D eigenvalue weighted by atomic mass is 10.2. The summed E-state index contributed by atoms with van der Waals surface area (Å²) in [7, 11) is 1.55. The number of hydrogen-bond donors (Lipinski definition) is 0. The quantitative estimate of drug-likeness (QED) is 0.675. The second-order valence-corrected chi connectivity index (χ2v) is 3.66. The molecule has 19 heavy (non-hydrogen) atoms. The summed E-state index contributed by atoms with van der Waals surface area (Å²) in [5, 5.41) is 8.92. The molecule has 0 aliphatic carbocycles. The van der Waals surface area contributed by atoms with Gasteiger partial charge in [0.25, 0.3) is 0 Å². The van der Waals surface area contributed by atoms with Crippen LogP contribution in [0.2, 0.25) is 0 Å². The van der Waals surface area contributed by atoms with Crippen LogP contribution in [0.5, 0.6) is 11.5 Å². The third-order valence-corrected chi connectivity index (χ3v) is 2.34. The van der Waals surface area contributed by atoms with E-state index in [1.807, 2.05) is 13.8 Å². The summed E-state index contributed by atoms with van der Waals surface area (Å²) < 4.78 is 21.4. The van der Waals surface area contributed by atoms with E-state index < -0.39 is 6.29 Å². The molecular weight excluding hydrogens is 246 g/mol. The molecular formula is C14H19NO4. The molecule has 0 aliphatic rings. The van der Waals surface area contributed by atoms with Crippen LogP contribution in [-0.2, 0) is 9.47 Å². The average Bonchev–Trinajstić information content (AvgIpc) is 2.44. The molecule has 0 heterocycles. The summed E-state index contributed by atoms with van der Waals surface area (Å²) in [6.45, 7) is 5.15. The number of hydrogen-bond acceptors (Lipinski definition) is 5. The van der Waals surface area contributed by atoms with E-state index in [0.29, 0.717) is 30.3 Å². The summed E-state index contributed by atoms with van der Waals surface area (Å²) in [5.74, 6) is 1.14. The molecule has 0 unspecified atom stereocenters. The summed E-state index contributed by atoms with van der Waals surface area (Å²) in [4.78, 5) is 0. The highest BCUT2D eigenvalue weighted by molar-refractivity contribution is 5.43. The first kappa shape index (κ1) is 15.3. The minimum atomic E-state index is -0.410. The Morgan fingerprint density at radius 3 is 2.26 bits per heavy atom.